The van der Waals surface area contributed by atoms with Gasteiger partial charge in [0.05, 0.1) is 24.5 Å². The van der Waals surface area contributed by atoms with Crippen molar-refractivity contribution in [3.8, 4) is 17.6 Å². The molecule has 0 bridgehead atoms. The number of hydrogen-bond donors (Lipinski definition) is 2. The van der Waals surface area contributed by atoms with Gasteiger partial charge in [0.1, 0.15) is 11.6 Å². The summed E-state index contributed by atoms with van der Waals surface area (Å²) in [6.45, 7) is 6.76. The molecule has 162 valence electrons. The molecule has 2 fully saturated rings. The number of nitrogens with zero attached hydrogens (tertiary/aromatic N) is 5. The van der Waals surface area contributed by atoms with Crippen molar-refractivity contribution in [2.75, 3.05) is 63.1 Å². The van der Waals surface area contributed by atoms with Crippen LogP contribution in [-0.2, 0) is 4.74 Å². The number of rotatable bonds is 1. The van der Waals surface area contributed by atoms with Gasteiger partial charge in [-0.3, -0.25) is 0 Å². The van der Waals surface area contributed by atoms with Crippen LogP contribution in [0.15, 0.2) is 24.3 Å². The van der Waals surface area contributed by atoms with Gasteiger partial charge in [-0.05, 0) is 25.1 Å². The van der Waals surface area contributed by atoms with Crippen LogP contribution in [0.1, 0.15) is 16.8 Å². The van der Waals surface area contributed by atoms with Crippen LogP contribution in [0.3, 0.4) is 0 Å². The largest absolute Gasteiger partial charge is 0.508 e. The number of benzene rings is 1. The lowest BCUT2D eigenvalue weighted by Gasteiger charge is -2.39. The second-order valence-corrected chi connectivity index (χ2v) is 7.52. The Morgan fingerprint density at radius 3 is 2.48 bits per heavy atom. The Morgan fingerprint density at radius 1 is 1.06 bits per heavy atom. The van der Waals surface area contributed by atoms with Crippen molar-refractivity contribution in [1.82, 2.24) is 19.8 Å². The fraction of sp³-hybridized carbons (Fsp3) is 0.409. The van der Waals surface area contributed by atoms with Crippen LogP contribution >= 0.6 is 0 Å². The summed E-state index contributed by atoms with van der Waals surface area (Å²) in [5.41, 5.74) is 8.02. The molecule has 3 N–H and O–H groups in total. The summed E-state index contributed by atoms with van der Waals surface area (Å²) in [5.74, 6) is 7.26. The second kappa shape index (κ2) is 9.10. The Kier molecular flexibility index (Phi) is 6.09. The number of ether oxygens (including phenoxy) is 1. The Balaban J connectivity index is 1.52. The number of aryl methyl sites for hydroxylation is 1. The van der Waals surface area contributed by atoms with Gasteiger partial charge in [0, 0.05) is 44.8 Å². The van der Waals surface area contributed by atoms with Crippen molar-refractivity contribution in [1.29, 1.82) is 0 Å². The summed E-state index contributed by atoms with van der Waals surface area (Å²) in [5, 5.41) is 9.66. The zero-order valence-corrected chi connectivity index (χ0v) is 17.5. The standard InChI is InChI=1S/C22H26N6O3/c1-16-19(6-5-17-3-2-4-18(29)15-17)20(25-21(23)24-16)26-7-9-27(10-8-26)22(30)28-11-13-31-14-12-28/h2-4,15,29H,7-14H2,1H3,(H2,23,24,25). The number of amides is 2. The Morgan fingerprint density at radius 2 is 1.77 bits per heavy atom. The van der Waals surface area contributed by atoms with Crippen LogP contribution in [0.2, 0.25) is 0 Å². The maximum atomic E-state index is 12.7. The van der Waals surface area contributed by atoms with Gasteiger partial charge in [0.25, 0.3) is 0 Å². The van der Waals surface area contributed by atoms with Gasteiger partial charge in [-0.2, -0.15) is 4.98 Å². The molecule has 0 aliphatic carbocycles. The van der Waals surface area contributed by atoms with Crippen LogP contribution in [0.5, 0.6) is 5.75 Å². The Bertz CT molecular complexity index is 1020. The van der Waals surface area contributed by atoms with E-state index in [1.165, 1.54) is 0 Å². The predicted molar refractivity (Wildman–Crippen MR) is 117 cm³/mol. The fourth-order valence-electron chi connectivity index (χ4n) is 3.74. The van der Waals surface area contributed by atoms with Crippen LogP contribution in [0.25, 0.3) is 0 Å². The van der Waals surface area contributed by atoms with E-state index in [9.17, 15) is 9.90 Å². The van der Waals surface area contributed by atoms with Gasteiger partial charge in [0.2, 0.25) is 5.95 Å². The fourth-order valence-corrected chi connectivity index (χ4v) is 3.74. The van der Waals surface area contributed by atoms with E-state index in [0.717, 1.165) is 0 Å². The smallest absolute Gasteiger partial charge is 0.320 e. The lowest BCUT2D eigenvalue weighted by molar-refractivity contribution is 0.0428. The third-order valence-electron chi connectivity index (χ3n) is 5.40. The van der Waals surface area contributed by atoms with Gasteiger partial charge in [-0.15, -0.1) is 0 Å². The predicted octanol–water partition coefficient (Wildman–Crippen LogP) is 1.05. The van der Waals surface area contributed by atoms with Crippen molar-refractivity contribution in [2.45, 2.75) is 6.92 Å². The number of piperazine rings is 1. The second-order valence-electron chi connectivity index (χ2n) is 7.52. The number of anilines is 2. The first kappa shape index (κ1) is 20.8. The molecule has 1 aromatic carbocycles. The van der Waals surface area contributed by atoms with Crippen molar-refractivity contribution in [3.05, 3.63) is 41.1 Å². The van der Waals surface area contributed by atoms with Gasteiger partial charge < -0.3 is 30.3 Å². The molecule has 3 heterocycles. The lowest BCUT2D eigenvalue weighted by Crippen LogP contribution is -2.55. The highest BCUT2D eigenvalue weighted by atomic mass is 16.5. The quantitative estimate of drug-likeness (QED) is 0.661. The van der Waals surface area contributed by atoms with Crippen LogP contribution in [0, 0.1) is 18.8 Å². The molecule has 2 aliphatic rings. The van der Waals surface area contributed by atoms with Crippen LogP contribution < -0.4 is 10.6 Å². The summed E-state index contributed by atoms with van der Waals surface area (Å²) in [4.78, 5) is 27.3. The van der Waals surface area contributed by atoms with E-state index in [1.54, 1.807) is 18.2 Å². The highest BCUT2D eigenvalue weighted by Gasteiger charge is 2.28. The number of phenols is 1. The molecular weight excluding hydrogens is 396 g/mol. The summed E-state index contributed by atoms with van der Waals surface area (Å²) in [6.07, 6.45) is 0. The third-order valence-corrected chi connectivity index (χ3v) is 5.40. The third kappa shape index (κ3) is 4.81. The van der Waals surface area contributed by atoms with E-state index in [1.807, 2.05) is 22.8 Å². The van der Waals surface area contributed by atoms with Crippen molar-refractivity contribution >= 4 is 17.8 Å². The van der Waals surface area contributed by atoms with Crippen molar-refractivity contribution < 1.29 is 14.6 Å². The van der Waals surface area contributed by atoms with Gasteiger partial charge in [-0.25, -0.2) is 9.78 Å². The molecule has 31 heavy (non-hydrogen) atoms. The molecule has 2 aliphatic heterocycles. The van der Waals surface area contributed by atoms with E-state index in [4.69, 9.17) is 10.5 Å². The molecule has 9 nitrogen and oxygen atoms in total. The molecule has 2 saturated heterocycles. The first-order chi connectivity index (χ1) is 15.0. The zero-order chi connectivity index (χ0) is 21.8. The molecule has 1 aromatic heterocycles. The lowest BCUT2D eigenvalue weighted by atomic mass is 10.1. The number of morpholine rings is 1. The summed E-state index contributed by atoms with van der Waals surface area (Å²) in [7, 11) is 0. The van der Waals surface area contributed by atoms with Gasteiger partial charge >= 0.3 is 6.03 Å². The van der Waals surface area contributed by atoms with Gasteiger partial charge in [-0.1, -0.05) is 17.9 Å². The molecular formula is C22H26N6O3. The first-order valence-electron chi connectivity index (χ1n) is 10.3. The normalized spacial score (nSPS) is 16.6. The average Bonchev–Trinajstić information content (AvgIpc) is 2.78. The zero-order valence-electron chi connectivity index (χ0n) is 17.5. The molecule has 0 radical (unpaired) electrons. The molecule has 0 unspecified atom stereocenters. The van der Waals surface area contributed by atoms with E-state index < -0.39 is 0 Å². The van der Waals surface area contributed by atoms with E-state index >= 15 is 0 Å². The number of nitrogen functional groups attached to an aromatic ring is 1. The van der Waals surface area contributed by atoms with E-state index in [2.05, 4.69) is 26.7 Å². The highest BCUT2D eigenvalue weighted by molar-refractivity contribution is 5.75. The number of urea groups is 1. The van der Waals surface area contributed by atoms with Crippen molar-refractivity contribution in [2.24, 2.45) is 0 Å². The summed E-state index contributed by atoms with van der Waals surface area (Å²) in [6, 6.07) is 6.85. The molecule has 9 heteroatoms. The SMILES string of the molecule is Cc1nc(N)nc(N2CCN(C(=O)N3CCOCC3)CC2)c1C#Cc1cccc(O)c1. The van der Waals surface area contributed by atoms with E-state index in [0.29, 0.717) is 75.1 Å². The van der Waals surface area contributed by atoms with E-state index in [-0.39, 0.29) is 17.7 Å². The molecule has 2 amide bonds. The number of hydrogen-bond acceptors (Lipinski definition) is 7. The van der Waals surface area contributed by atoms with Crippen LogP contribution in [0.4, 0.5) is 16.6 Å². The number of carbonyl (C=O) groups is 1. The molecule has 0 spiro atoms. The Hall–Kier alpha value is -3.51. The average molecular weight is 422 g/mol. The number of aromatic hydroxyl groups is 1. The minimum absolute atomic E-state index is 0.0604. The monoisotopic (exact) mass is 422 g/mol. The maximum Gasteiger partial charge on any atom is 0.320 e. The molecule has 4 rings (SSSR count). The summed E-state index contributed by atoms with van der Waals surface area (Å²) >= 11 is 0. The molecule has 2 aromatic rings. The minimum Gasteiger partial charge on any atom is -0.508 e. The summed E-state index contributed by atoms with van der Waals surface area (Å²) < 4.78 is 5.34. The number of phenolic OH excluding ortho intramolecular Hbond substituents is 1. The minimum atomic E-state index is 0.0604. The van der Waals surface area contributed by atoms with Crippen LogP contribution in [-0.4, -0.2) is 83.4 Å². The van der Waals surface area contributed by atoms with Crippen molar-refractivity contribution in [3.63, 3.8) is 0 Å². The molecule has 0 saturated carbocycles. The number of carbonyl (C=O) groups excluding carboxylic acids is 1. The maximum absolute atomic E-state index is 12.7. The number of aromatic nitrogens is 2. The topological polar surface area (TPSA) is 108 Å². The Labute approximate surface area is 181 Å². The molecule has 0 atom stereocenters. The van der Waals surface area contributed by atoms with Gasteiger partial charge in [0.15, 0.2) is 0 Å². The highest BCUT2D eigenvalue weighted by Crippen LogP contribution is 2.23. The first-order valence-corrected chi connectivity index (χ1v) is 10.3. The number of nitrogens with two attached hydrogens (primary N) is 1.